The van der Waals surface area contributed by atoms with Crippen molar-refractivity contribution in [3.05, 3.63) is 30.1 Å². The van der Waals surface area contributed by atoms with Crippen molar-refractivity contribution in [1.29, 1.82) is 0 Å². The van der Waals surface area contributed by atoms with Gasteiger partial charge in [0.25, 0.3) is 0 Å². The molecule has 3 nitrogen and oxygen atoms in total. The molecule has 2 aromatic rings. The Morgan fingerprint density at radius 2 is 2.08 bits per heavy atom. The van der Waals surface area contributed by atoms with E-state index in [2.05, 4.69) is 9.97 Å². The molecule has 0 N–H and O–H groups in total. The van der Waals surface area contributed by atoms with Crippen molar-refractivity contribution in [2.45, 2.75) is 6.92 Å². The zero-order chi connectivity index (χ0) is 8.55. The molecule has 0 amide bonds. The van der Waals surface area contributed by atoms with Crippen LogP contribution in [-0.2, 0) is 0 Å². The van der Waals surface area contributed by atoms with Gasteiger partial charge in [0, 0.05) is 23.2 Å². The average Bonchev–Trinajstić information content (AvgIpc) is 2.07. The van der Waals surface area contributed by atoms with Gasteiger partial charge in [0.15, 0.2) is 0 Å². The van der Waals surface area contributed by atoms with Gasteiger partial charge in [-0.2, -0.15) is 0 Å². The molecule has 0 unspecified atom stereocenters. The van der Waals surface area contributed by atoms with Crippen LogP contribution in [-0.4, -0.2) is 9.97 Å². The minimum Gasteiger partial charge on any atom is -0.857 e. The van der Waals surface area contributed by atoms with E-state index in [1.54, 1.807) is 6.07 Å². The molecule has 0 aliphatic carbocycles. The van der Waals surface area contributed by atoms with Gasteiger partial charge in [-0.05, 0) is 19.1 Å². The highest BCUT2D eigenvalue weighted by atomic mass is 16.3. The molecule has 0 saturated heterocycles. The molecule has 2 rings (SSSR count). The molecule has 0 fully saturated rings. The number of pyridine rings is 2. The largest absolute Gasteiger partial charge is 0.857 e. The van der Waals surface area contributed by atoms with Gasteiger partial charge in [-0.15, -0.1) is 0 Å². The Labute approximate surface area is 69.7 Å². The Kier molecular flexibility index (Phi) is 1.43. The lowest BCUT2D eigenvalue weighted by molar-refractivity contribution is -0.272. The van der Waals surface area contributed by atoms with Crippen molar-refractivity contribution >= 4 is 10.9 Å². The first-order valence-electron chi connectivity index (χ1n) is 3.67. The molecular formula is C9H7N2O-. The predicted molar refractivity (Wildman–Crippen MR) is 43.7 cm³/mol. The Hall–Kier alpha value is -1.64. The standard InChI is InChI=1S/C9H8N2O/c1-6-2-3-7-4-5-10-9(12)8(7)11-6/h2-5H,1H3,(H,10,12)/p-1. The third-order valence-corrected chi connectivity index (χ3v) is 1.71. The molecular weight excluding hydrogens is 152 g/mol. The van der Waals surface area contributed by atoms with Crippen LogP contribution >= 0.6 is 0 Å². The molecule has 0 saturated carbocycles. The summed E-state index contributed by atoms with van der Waals surface area (Å²) in [5.74, 6) is -0.254. The summed E-state index contributed by atoms with van der Waals surface area (Å²) in [5.41, 5.74) is 1.30. The average molecular weight is 159 g/mol. The maximum absolute atomic E-state index is 11.2. The van der Waals surface area contributed by atoms with Crippen LogP contribution in [0.1, 0.15) is 5.69 Å². The van der Waals surface area contributed by atoms with E-state index in [0.29, 0.717) is 5.52 Å². The summed E-state index contributed by atoms with van der Waals surface area (Å²) in [5, 5.41) is 12.0. The highest BCUT2D eigenvalue weighted by Crippen LogP contribution is 2.16. The molecule has 0 aliphatic rings. The van der Waals surface area contributed by atoms with Gasteiger partial charge >= 0.3 is 0 Å². The van der Waals surface area contributed by atoms with E-state index >= 15 is 0 Å². The quantitative estimate of drug-likeness (QED) is 0.576. The lowest BCUT2D eigenvalue weighted by atomic mass is 10.2. The van der Waals surface area contributed by atoms with E-state index in [-0.39, 0.29) is 5.88 Å². The molecule has 12 heavy (non-hydrogen) atoms. The topological polar surface area (TPSA) is 48.8 Å². The minimum atomic E-state index is -0.254. The molecule has 0 aliphatic heterocycles. The van der Waals surface area contributed by atoms with Crippen LogP contribution in [0.3, 0.4) is 0 Å². The van der Waals surface area contributed by atoms with Crippen molar-refractivity contribution in [3.8, 4) is 5.88 Å². The molecule has 3 heteroatoms. The Morgan fingerprint density at radius 1 is 1.25 bits per heavy atom. The molecule has 60 valence electrons. The van der Waals surface area contributed by atoms with Gasteiger partial charge in [-0.3, -0.25) is 9.97 Å². The number of rotatable bonds is 0. The summed E-state index contributed by atoms with van der Waals surface area (Å²) in [6.07, 6.45) is 1.50. The number of fused-ring (bicyclic) bond motifs is 1. The number of hydrogen-bond donors (Lipinski definition) is 0. The lowest BCUT2D eigenvalue weighted by Gasteiger charge is -2.07. The predicted octanol–water partition coefficient (Wildman–Crippen LogP) is 1.01. The van der Waals surface area contributed by atoms with E-state index in [4.69, 9.17) is 0 Å². The second-order valence-electron chi connectivity index (χ2n) is 2.64. The van der Waals surface area contributed by atoms with Gasteiger partial charge in [0.2, 0.25) is 0 Å². The van der Waals surface area contributed by atoms with Crippen LogP contribution in [0.4, 0.5) is 0 Å². The fourth-order valence-corrected chi connectivity index (χ4v) is 1.12. The summed E-state index contributed by atoms with van der Waals surface area (Å²) < 4.78 is 0. The third kappa shape index (κ3) is 0.993. The van der Waals surface area contributed by atoms with E-state index in [0.717, 1.165) is 11.1 Å². The summed E-state index contributed by atoms with van der Waals surface area (Å²) in [6.45, 7) is 1.85. The first-order chi connectivity index (χ1) is 5.77. The van der Waals surface area contributed by atoms with Crippen molar-refractivity contribution in [2.75, 3.05) is 0 Å². The molecule has 2 heterocycles. The first kappa shape index (κ1) is 7.03. The Balaban J connectivity index is 2.88. The molecule has 2 aromatic heterocycles. The van der Waals surface area contributed by atoms with Crippen LogP contribution in [0.25, 0.3) is 10.9 Å². The number of aryl methyl sites for hydroxylation is 1. The summed E-state index contributed by atoms with van der Waals surface area (Å²) in [6, 6.07) is 5.53. The third-order valence-electron chi connectivity index (χ3n) is 1.71. The van der Waals surface area contributed by atoms with Gasteiger partial charge in [-0.25, -0.2) is 0 Å². The first-order valence-corrected chi connectivity index (χ1v) is 3.67. The monoisotopic (exact) mass is 159 g/mol. The molecule has 0 spiro atoms. The maximum atomic E-state index is 11.2. The van der Waals surface area contributed by atoms with Crippen molar-refractivity contribution in [1.82, 2.24) is 9.97 Å². The summed E-state index contributed by atoms with van der Waals surface area (Å²) in [4.78, 5) is 7.73. The van der Waals surface area contributed by atoms with E-state index < -0.39 is 0 Å². The van der Waals surface area contributed by atoms with E-state index in [1.165, 1.54) is 6.20 Å². The van der Waals surface area contributed by atoms with Crippen molar-refractivity contribution in [2.24, 2.45) is 0 Å². The lowest BCUT2D eigenvalue weighted by Crippen LogP contribution is -1.96. The second kappa shape index (κ2) is 2.44. The van der Waals surface area contributed by atoms with Gasteiger partial charge < -0.3 is 5.11 Å². The van der Waals surface area contributed by atoms with Crippen LogP contribution in [0.5, 0.6) is 5.88 Å². The number of nitrogens with zero attached hydrogens (tertiary/aromatic N) is 2. The normalized spacial score (nSPS) is 10.4. The minimum absolute atomic E-state index is 0.254. The smallest absolute Gasteiger partial charge is 0.0813 e. The highest BCUT2D eigenvalue weighted by Gasteiger charge is 1.94. The van der Waals surface area contributed by atoms with Gasteiger partial charge in [0.05, 0.1) is 5.52 Å². The molecule has 0 atom stereocenters. The van der Waals surface area contributed by atoms with Crippen molar-refractivity contribution < 1.29 is 5.11 Å². The highest BCUT2D eigenvalue weighted by molar-refractivity contribution is 5.82. The molecule has 0 radical (unpaired) electrons. The SMILES string of the molecule is Cc1ccc2ccnc([O-])c2n1. The molecule has 0 aromatic carbocycles. The van der Waals surface area contributed by atoms with Crippen LogP contribution in [0, 0.1) is 6.92 Å². The zero-order valence-corrected chi connectivity index (χ0v) is 6.61. The molecule has 0 bridgehead atoms. The Morgan fingerprint density at radius 3 is 2.92 bits per heavy atom. The zero-order valence-electron chi connectivity index (χ0n) is 6.61. The fraction of sp³-hybridized carbons (Fsp3) is 0.111. The van der Waals surface area contributed by atoms with Crippen LogP contribution < -0.4 is 5.11 Å². The number of hydrogen-bond acceptors (Lipinski definition) is 3. The maximum Gasteiger partial charge on any atom is 0.0813 e. The van der Waals surface area contributed by atoms with Crippen molar-refractivity contribution in [3.63, 3.8) is 0 Å². The second-order valence-corrected chi connectivity index (χ2v) is 2.64. The van der Waals surface area contributed by atoms with Gasteiger partial charge in [0.1, 0.15) is 0 Å². The van der Waals surface area contributed by atoms with E-state index in [1.807, 2.05) is 19.1 Å². The number of aromatic nitrogens is 2. The summed E-state index contributed by atoms with van der Waals surface area (Å²) >= 11 is 0. The van der Waals surface area contributed by atoms with Crippen LogP contribution in [0.15, 0.2) is 24.4 Å². The van der Waals surface area contributed by atoms with Crippen LogP contribution in [0.2, 0.25) is 0 Å². The Bertz CT molecular complexity index is 426. The summed E-state index contributed by atoms with van der Waals surface area (Å²) in [7, 11) is 0. The fourth-order valence-electron chi connectivity index (χ4n) is 1.12. The van der Waals surface area contributed by atoms with Gasteiger partial charge in [-0.1, -0.05) is 6.07 Å². The van der Waals surface area contributed by atoms with E-state index in [9.17, 15) is 5.11 Å².